The second kappa shape index (κ2) is 7.17. The Bertz CT molecular complexity index is 584. The fourth-order valence-corrected chi connectivity index (χ4v) is 2.01. The lowest BCUT2D eigenvalue weighted by atomic mass is 10.2. The maximum atomic E-state index is 11.1. The molecule has 0 aromatic heterocycles. The van der Waals surface area contributed by atoms with E-state index >= 15 is 0 Å². The number of nitrogens with two attached hydrogens (primary N) is 1. The molecule has 0 aliphatic rings. The number of sulfonamides is 1. The topological polar surface area (TPSA) is 122 Å². The zero-order chi connectivity index (χ0) is 15.2. The van der Waals surface area contributed by atoms with Gasteiger partial charge in [-0.05, 0) is 29.9 Å². The maximum Gasteiger partial charge on any atom is 0.305 e. The Morgan fingerprint density at radius 2 is 1.85 bits per heavy atom. The average Bonchev–Trinajstić information content (AvgIpc) is 2.35. The first kappa shape index (κ1) is 16.3. The Labute approximate surface area is 122 Å². The number of aliphatic carboxylic acids is 1. The predicted molar refractivity (Wildman–Crippen MR) is 77.5 cm³/mol. The van der Waals surface area contributed by atoms with Gasteiger partial charge in [0.15, 0.2) is 5.11 Å². The molecule has 9 heteroatoms. The smallest absolute Gasteiger partial charge is 0.305 e. The molecule has 1 aromatic carbocycles. The van der Waals surface area contributed by atoms with Crippen LogP contribution in [0.3, 0.4) is 0 Å². The van der Waals surface area contributed by atoms with E-state index in [4.69, 9.17) is 22.5 Å². The lowest BCUT2D eigenvalue weighted by Gasteiger charge is -2.09. The highest BCUT2D eigenvalue weighted by Crippen LogP contribution is 2.08. The van der Waals surface area contributed by atoms with Crippen molar-refractivity contribution in [1.29, 1.82) is 0 Å². The van der Waals surface area contributed by atoms with Gasteiger partial charge >= 0.3 is 5.97 Å². The van der Waals surface area contributed by atoms with Crippen molar-refractivity contribution in [2.45, 2.75) is 17.9 Å². The highest BCUT2D eigenvalue weighted by molar-refractivity contribution is 7.89. The first-order valence-electron chi connectivity index (χ1n) is 5.64. The zero-order valence-corrected chi connectivity index (χ0v) is 12.1. The summed E-state index contributed by atoms with van der Waals surface area (Å²) in [6.45, 7) is 0.634. The van der Waals surface area contributed by atoms with Crippen LogP contribution in [0.25, 0.3) is 0 Å². The minimum Gasteiger partial charge on any atom is -0.481 e. The molecule has 0 atom stereocenters. The molecular weight excluding hydrogens is 302 g/mol. The van der Waals surface area contributed by atoms with Crippen molar-refractivity contribution in [3.63, 3.8) is 0 Å². The molecule has 0 saturated carbocycles. The monoisotopic (exact) mass is 317 g/mol. The van der Waals surface area contributed by atoms with Crippen molar-refractivity contribution in [1.82, 2.24) is 10.6 Å². The lowest BCUT2D eigenvalue weighted by Crippen LogP contribution is -2.35. The third kappa shape index (κ3) is 5.95. The minimum absolute atomic E-state index is 0.0229. The Morgan fingerprint density at radius 3 is 2.35 bits per heavy atom. The van der Waals surface area contributed by atoms with E-state index in [1.54, 1.807) is 12.1 Å². The molecule has 110 valence electrons. The van der Waals surface area contributed by atoms with Crippen LogP contribution in [-0.2, 0) is 21.4 Å². The summed E-state index contributed by atoms with van der Waals surface area (Å²) < 4.78 is 22.1. The van der Waals surface area contributed by atoms with Crippen LogP contribution in [-0.4, -0.2) is 31.2 Å². The fourth-order valence-electron chi connectivity index (χ4n) is 1.32. The highest BCUT2D eigenvalue weighted by atomic mass is 32.2. The summed E-state index contributed by atoms with van der Waals surface area (Å²) >= 11 is 4.96. The van der Waals surface area contributed by atoms with Gasteiger partial charge in [-0.1, -0.05) is 12.1 Å². The number of hydrogen-bond acceptors (Lipinski definition) is 4. The van der Waals surface area contributed by atoms with Crippen molar-refractivity contribution in [2.24, 2.45) is 5.14 Å². The molecule has 0 aliphatic carbocycles. The van der Waals surface area contributed by atoms with E-state index in [0.29, 0.717) is 11.7 Å². The van der Waals surface area contributed by atoms with Gasteiger partial charge in [-0.15, -0.1) is 0 Å². The van der Waals surface area contributed by atoms with Crippen LogP contribution in [0.1, 0.15) is 12.0 Å². The van der Waals surface area contributed by atoms with Crippen molar-refractivity contribution in [3.8, 4) is 0 Å². The molecule has 0 radical (unpaired) electrons. The van der Waals surface area contributed by atoms with Crippen LogP contribution in [0.15, 0.2) is 29.2 Å². The van der Waals surface area contributed by atoms with Crippen molar-refractivity contribution < 1.29 is 18.3 Å². The SMILES string of the molecule is NS(=O)(=O)c1ccc(CNC(=S)NCCC(=O)O)cc1. The molecule has 0 fully saturated rings. The molecule has 1 rings (SSSR count). The third-order valence-corrected chi connectivity index (χ3v) is 3.55. The fraction of sp³-hybridized carbons (Fsp3) is 0.273. The molecule has 0 unspecified atom stereocenters. The van der Waals surface area contributed by atoms with Gasteiger partial charge < -0.3 is 15.7 Å². The number of carbonyl (C=O) groups is 1. The molecule has 5 N–H and O–H groups in total. The second-order valence-electron chi connectivity index (χ2n) is 3.94. The average molecular weight is 317 g/mol. The molecule has 7 nitrogen and oxygen atoms in total. The summed E-state index contributed by atoms with van der Waals surface area (Å²) in [6.07, 6.45) is -0.0229. The van der Waals surface area contributed by atoms with Gasteiger partial charge in [0.25, 0.3) is 0 Å². The van der Waals surface area contributed by atoms with E-state index in [1.165, 1.54) is 12.1 Å². The number of carboxylic acids is 1. The number of thiocarbonyl (C=S) groups is 1. The van der Waals surface area contributed by atoms with Crippen LogP contribution in [0.4, 0.5) is 0 Å². The van der Waals surface area contributed by atoms with Crippen molar-refractivity contribution in [2.75, 3.05) is 6.54 Å². The first-order valence-corrected chi connectivity index (χ1v) is 7.60. The first-order chi connectivity index (χ1) is 9.29. The van der Waals surface area contributed by atoms with E-state index in [2.05, 4.69) is 10.6 Å². The van der Waals surface area contributed by atoms with Gasteiger partial charge in [0.2, 0.25) is 10.0 Å². The molecule has 0 amide bonds. The zero-order valence-electron chi connectivity index (χ0n) is 10.5. The highest BCUT2D eigenvalue weighted by Gasteiger charge is 2.06. The molecule has 0 saturated heterocycles. The number of benzene rings is 1. The Kier molecular flexibility index (Phi) is 5.86. The number of rotatable bonds is 6. The Hall–Kier alpha value is -1.71. The summed E-state index contributed by atoms with van der Waals surface area (Å²) in [5.74, 6) is -0.904. The van der Waals surface area contributed by atoms with Gasteiger partial charge in [0.05, 0.1) is 11.3 Å². The van der Waals surface area contributed by atoms with Crippen LogP contribution in [0.5, 0.6) is 0 Å². The van der Waals surface area contributed by atoms with Gasteiger partial charge in [-0.2, -0.15) is 0 Å². The van der Waals surface area contributed by atoms with Crippen LogP contribution in [0.2, 0.25) is 0 Å². The summed E-state index contributed by atoms with van der Waals surface area (Å²) in [6, 6.07) is 6.06. The number of carboxylic acid groups (broad SMARTS) is 1. The lowest BCUT2D eigenvalue weighted by molar-refractivity contribution is -0.136. The van der Waals surface area contributed by atoms with E-state index < -0.39 is 16.0 Å². The molecule has 0 bridgehead atoms. The van der Waals surface area contributed by atoms with E-state index in [0.717, 1.165) is 5.56 Å². The van der Waals surface area contributed by atoms with E-state index in [1.807, 2.05) is 0 Å². The van der Waals surface area contributed by atoms with E-state index in [9.17, 15) is 13.2 Å². The van der Waals surface area contributed by atoms with Gasteiger partial charge in [0, 0.05) is 13.1 Å². The number of hydrogen-bond donors (Lipinski definition) is 4. The molecule has 0 spiro atoms. The van der Waals surface area contributed by atoms with Gasteiger partial charge in [-0.25, -0.2) is 13.6 Å². The Morgan fingerprint density at radius 1 is 1.25 bits per heavy atom. The summed E-state index contributed by atoms with van der Waals surface area (Å²) in [5.41, 5.74) is 0.819. The summed E-state index contributed by atoms with van der Waals surface area (Å²) in [4.78, 5) is 10.4. The van der Waals surface area contributed by atoms with Crippen LogP contribution in [0, 0.1) is 0 Å². The summed E-state index contributed by atoms with van der Waals surface area (Å²) in [5, 5.41) is 19.4. The third-order valence-electron chi connectivity index (χ3n) is 2.33. The molecule has 0 aliphatic heterocycles. The van der Waals surface area contributed by atoms with Crippen LogP contribution >= 0.6 is 12.2 Å². The minimum atomic E-state index is -3.69. The van der Waals surface area contributed by atoms with Gasteiger partial charge in [-0.3, -0.25) is 4.79 Å². The maximum absolute atomic E-state index is 11.1. The Balaban J connectivity index is 2.42. The molecule has 1 aromatic rings. The molecular formula is C11H15N3O4S2. The number of nitrogens with one attached hydrogen (secondary N) is 2. The summed E-state index contributed by atoms with van der Waals surface area (Å²) in [7, 11) is -3.69. The van der Waals surface area contributed by atoms with Crippen LogP contribution < -0.4 is 15.8 Å². The van der Waals surface area contributed by atoms with E-state index in [-0.39, 0.29) is 17.9 Å². The predicted octanol–water partition coefficient (Wildman–Crippen LogP) is -0.227. The van der Waals surface area contributed by atoms with Crippen molar-refractivity contribution in [3.05, 3.63) is 29.8 Å². The van der Waals surface area contributed by atoms with Gasteiger partial charge in [0.1, 0.15) is 0 Å². The molecule has 0 heterocycles. The molecule has 20 heavy (non-hydrogen) atoms. The number of primary sulfonamides is 1. The largest absolute Gasteiger partial charge is 0.481 e. The second-order valence-corrected chi connectivity index (χ2v) is 5.91. The standard InChI is InChI=1S/C11H15N3O4S2/c12-20(17,18)9-3-1-8(2-4-9)7-14-11(19)13-6-5-10(15)16/h1-4H,5-7H2,(H,15,16)(H2,12,17,18)(H2,13,14,19). The quantitative estimate of drug-likeness (QED) is 0.535. The normalized spacial score (nSPS) is 10.8. The van der Waals surface area contributed by atoms with Crippen molar-refractivity contribution >= 4 is 33.3 Å².